The highest BCUT2D eigenvalue weighted by Gasteiger charge is 2.30. The second-order valence-corrected chi connectivity index (χ2v) is 10.0. The molecule has 3 N–H and O–H groups in total. The van der Waals surface area contributed by atoms with Gasteiger partial charge in [0, 0.05) is 16.9 Å². The maximum Gasteiger partial charge on any atom is 0.490 e. The molecule has 1 saturated carbocycles. The molecule has 1 amide bonds. The number of phosphoric acid groups is 1. The van der Waals surface area contributed by atoms with E-state index in [1.54, 1.807) is 12.1 Å². The third kappa shape index (κ3) is 5.26. The fourth-order valence-electron chi connectivity index (χ4n) is 3.67. The van der Waals surface area contributed by atoms with Crippen molar-refractivity contribution in [2.24, 2.45) is 5.90 Å². The topological polar surface area (TPSA) is 141 Å². The predicted molar refractivity (Wildman–Crippen MR) is 128 cm³/mol. The van der Waals surface area contributed by atoms with E-state index >= 15 is 0 Å². The molecular weight excluding hydrogens is 533 g/mol. The van der Waals surface area contributed by atoms with E-state index in [1.165, 1.54) is 6.20 Å². The molecule has 0 bridgehead atoms. The predicted octanol–water partition coefficient (Wildman–Crippen LogP) is 5.31. The molecule has 0 aliphatic heterocycles. The lowest BCUT2D eigenvalue weighted by Gasteiger charge is -2.22. The number of rotatable bonds is 8. The molecule has 2 aromatic carbocycles. The van der Waals surface area contributed by atoms with Gasteiger partial charge < -0.3 is 9.31 Å². The van der Waals surface area contributed by atoms with Gasteiger partial charge in [0.1, 0.15) is 35.3 Å². The van der Waals surface area contributed by atoms with Gasteiger partial charge in [-0.25, -0.2) is 28.9 Å². The normalized spacial score (nSPS) is 15.1. The van der Waals surface area contributed by atoms with E-state index in [1.807, 2.05) is 6.07 Å². The van der Waals surface area contributed by atoms with E-state index in [2.05, 4.69) is 19.1 Å². The molecule has 0 saturated heterocycles. The van der Waals surface area contributed by atoms with Crippen LogP contribution in [0, 0.1) is 11.6 Å². The highest BCUT2D eigenvalue weighted by Crippen LogP contribution is 2.44. The minimum Gasteiger partial charge on any atom is -0.461 e. The van der Waals surface area contributed by atoms with Crippen LogP contribution in [-0.4, -0.2) is 27.5 Å². The van der Waals surface area contributed by atoms with Gasteiger partial charge >= 0.3 is 7.82 Å². The molecule has 1 aliphatic rings. The fraction of sp³-hybridized carbons (Fsp3) is 0.174. The Bertz CT molecular complexity index is 1530. The molecule has 0 radical (unpaired) electrons. The highest BCUT2D eigenvalue weighted by molar-refractivity contribution is 7.47. The molecule has 2 heterocycles. The number of nitrogens with zero attached hydrogens (tertiary/aromatic N) is 3. The number of hydrogen-bond donors (Lipinski definition) is 2. The summed E-state index contributed by atoms with van der Waals surface area (Å²) in [5, 5.41) is 1.22. The number of halogens is 3. The Hall–Kier alpha value is -3.25. The molecule has 2 aromatic heterocycles. The zero-order valence-electron chi connectivity index (χ0n) is 18.8. The number of carbonyl (C=O) groups is 1. The third-order valence-electron chi connectivity index (χ3n) is 5.70. The molecule has 14 heteroatoms. The quantitative estimate of drug-likeness (QED) is 0.169. The van der Waals surface area contributed by atoms with Gasteiger partial charge in [0.05, 0.1) is 23.1 Å². The number of nitrogens with two attached hydrogens (primary N) is 1. The first-order valence-corrected chi connectivity index (χ1v) is 12.7. The smallest absolute Gasteiger partial charge is 0.461 e. The van der Waals surface area contributed by atoms with E-state index in [-0.39, 0.29) is 5.82 Å². The second-order valence-electron chi connectivity index (χ2n) is 8.21. The van der Waals surface area contributed by atoms with Crippen LogP contribution < -0.4 is 10.8 Å². The van der Waals surface area contributed by atoms with Crippen molar-refractivity contribution >= 4 is 42.1 Å². The number of hydrogen-bond acceptors (Lipinski definition) is 8. The van der Waals surface area contributed by atoms with Crippen LogP contribution in [0.5, 0.6) is 0 Å². The Morgan fingerprint density at radius 2 is 1.95 bits per heavy atom. The molecule has 1 fully saturated rings. The van der Waals surface area contributed by atoms with Gasteiger partial charge in [-0.05, 0) is 43.2 Å². The van der Waals surface area contributed by atoms with Crippen molar-refractivity contribution in [1.29, 1.82) is 0 Å². The standard InChI is InChI=1S/C23H18ClF2N4O6P/c24-15-6-13-7-19(12-4-5-12)35-20(13)8-14(15)18-9-29-21(10-28-18)30(11-34-37(32,33)36-27)23(31)22-16(25)2-1-3-17(22)26/h1-3,6-10,12H,4-5,11,27H2,(H,32,33). The molecule has 1 atom stereocenters. The van der Waals surface area contributed by atoms with Crippen LogP contribution in [-0.2, 0) is 13.7 Å². The number of aromatic nitrogens is 2. The number of phosphoric ester groups is 1. The summed E-state index contributed by atoms with van der Waals surface area (Å²) in [7, 11) is -4.77. The largest absolute Gasteiger partial charge is 0.490 e. The third-order valence-corrected chi connectivity index (χ3v) is 6.72. The summed E-state index contributed by atoms with van der Waals surface area (Å²) >= 11 is 6.46. The van der Waals surface area contributed by atoms with Gasteiger partial charge in [-0.2, -0.15) is 0 Å². The Kier molecular flexibility index (Phi) is 6.80. The fourth-order valence-corrected chi connectivity index (χ4v) is 4.26. The lowest BCUT2D eigenvalue weighted by molar-refractivity contribution is 0.0934. The minimum atomic E-state index is -4.77. The number of furan rings is 1. The molecule has 192 valence electrons. The molecule has 5 rings (SSSR count). The number of anilines is 1. The van der Waals surface area contributed by atoms with E-state index < -0.39 is 37.7 Å². The number of amides is 1. The second kappa shape index (κ2) is 9.90. The SMILES string of the molecule is NOP(=O)(O)OCN(C(=O)c1c(F)cccc1F)c1cnc(-c2cc3oc(C4CC4)cc3cc2Cl)cn1. The van der Waals surface area contributed by atoms with Crippen LogP contribution in [0.1, 0.15) is 34.9 Å². The van der Waals surface area contributed by atoms with E-state index in [9.17, 15) is 23.0 Å². The Morgan fingerprint density at radius 3 is 2.57 bits per heavy atom. The molecule has 37 heavy (non-hydrogen) atoms. The van der Waals surface area contributed by atoms with Crippen molar-refractivity contribution in [2.75, 3.05) is 11.6 Å². The van der Waals surface area contributed by atoms with E-state index in [4.69, 9.17) is 21.9 Å². The summed E-state index contributed by atoms with van der Waals surface area (Å²) in [6.07, 6.45) is 4.53. The van der Waals surface area contributed by atoms with Crippen molar-refractivity contribution in [1.82, 2.24) is 9.97 Å². The Balaban J connectivity index is 1.48. The van der Waals surface area contributed by atoms with Gasteiger partial charge in [-0.15, -0.1) is 0 Å². The van der Waals surface area contributed by atoms with Crippen molar-refractivity contribution < 1.29 is 36.6 Å². The molecule has 1 unspecified atom stereocenters. The van der Waals surface area contributed by atoms with Crippen LogP contribution >= 0.6 is 19.4 Å². The van der Waals surface area contributed by atoms with Crippen LogP contribution in [0.25, 0.3) is 22.2 Å². The first-order valence-electron chi connectivity index (χ1n) is 10.8. The van der Waals surface area contributed by atoms with Crippen molar-refractivity contribution in [3.05, 3.63) is 76.8 Å². The van der Waals surface area contributed by atoms with Gasteiger partial charge in [0.25, 0.3) is 5.91 Å². The maximum absolute atomic E-state index is 14.3. The van der Waals surface area contributed by atoms with Crippen LogP contribution in [0.2, 0.25) is 5.02 Å². The van der Waals surface area contributed by atoms with Gasteiger partial charge in [0.15, 0.2) is 5.82 Å². The first-order chi connectivity index (χ1) is 17.7. The van der Waals surface area contributed by atoms with Crippen LogP contribution in [0.4, 0.5) is 14.6 Å². The zero-order valence-corrected chi connectivity index (χ0v) is 20.5. The Morgan fingerprint density at radius 1 is 1.22 bits per heavy atom. The lowest BCUT2D eigenvalue weighted by Crippen LogP contribution is -2.35. The molecule has 0 spiro atoms. The molecule has 1 aliphatic carbocycles. The molecular formula is C23H18ClF2N4O6P. The number of benzene rings is 2. The summed E-state index contributed by atoms with van der Waals surface area (Å²) in [5.74, 6) is 2.20. The summed E-state index contributed by atoms with van der Waals surface area (Å²) in [6.45, 7) is -0.991. The summed E-state index contributed by atoms with van der Waals surface area (Å²) in [5.41, 5.74) is 0.489. The monoisotopic (exact) mass is 550 g/mol. The average Bonchev–Trinajstić information content (AvgIpc) is 3.64. The number of carbonyl (C=O) groups excluding carboxylic acids is 1. The van der Waals surface area contributed by atoms with E-state index in [0.717, 1.165) is 48.4 Å². The Labute approximate surface area is 213 Å². The first kappa shape index (κ1) is 25.4. The van der Waals surface area contributed by atoms with Gasteiger partial charge in [-0.3, -0.25) is 19.2 Å². The summed E-state index contributed by atoms with van der Waals surface area (Å²) < 4.78 is 54.7. The molecule has 4 aromatic rings. The summed E-state index contributed by atoms with van der Waals surface area (Å²) in [6, 6.07) is 8.25. The van der Waals surface area contributed by atoms with Crippen LogP contribution in [0.3, 0.4) is 0 Å². The van der Waals surface area contributed by atoms with Crippen LogP contribution in [0.15, 0.2) is 53.2 Å². The zero-order chi connectivity index (χ0) is 26.3. The van der Waals surface area contributed by atoms with Gasteiger partial charge in [0.2, 0.25) is 0 Å². The van der Waals surface area contributed by atoms with E-state index in [0.29, 0.717) is 32.7 Å². The average molecular weight is 551 g/mol. The summed E-state index contributed by atoms with van der Waals surface area (Å²) in [4.78, 5) is 31.5. The molecule has 10 nitrogen and oxygen atoms in total. The highest BCUT2D eigenvalue weighted by atomic mass is 35.5. The van der Waals surface area contributed by atoms with Crippen molar-refractivity contribution in [3.63, 3.8) is 0 Å². The van der Waals surface area contributed by atoms with Gasteiger partial charge in [-0.1, -0.05) is 17.7 Å². The minimum absolute atomic E-state index is 0.250. The maximum atomic E-state index is 14.3. The van der Waals surface area contributed by atoms with Crippen molar-refractivity contribution in [2.45, 2.75) is 18.8 Å². The number of fused-ring (bicyclic) bond motifs is 1. The lowest BCUT2D eigenvalue weighted by atomic mass is 10.1. The van der Waals surface area contributed by atoms with Crippen molar-refractivity contribution in [3.8, 4) is 11.3 Å².